The lowest BCUT2D eigenvalue weighted by Crippen LogP contribution is -2.28. The SMILES string of the molecule is CC(=O)N1Cc2ccc(O[C@H]3C[C@@H](C)N(Cc4cc5nc(C)sc5cc4F)C3)nc2C1. The zero-order valence-electron chi connectivity index (χ0n) is 17.9. The smallest absolute Gasteiger partial charge is 0.220 e. The molecule has 4 heterocycles. The highest BCUT2D eigenvalue weighted by atomic mass is 32.1. The third kappa shape index (κ3) is 4.02. The first-order valence-corrected chi connectivity index (χ1v) is 11.4. The fourth-order valence-electron chi connectivity index (χ4n) is 4.49. The van der Waals surface area contributed by atoms with E-state index in [9.17, 15) is 9.18 Å². The molecule has 0 saturated carbocycles. The molecule has 0 aliphatic carbocycles. The van der Waals surface area contributed by atoms with Crippen LogP contribution in [0.25, 0.3) is 10.2 Å². The summed E-state index contributed by atoms with van der Waals surface area (Å²) in [5, 5.41) is 0.947. The maximum atomic E-state index is 14.7. The van der Waals surface area contributed by atoms with Crippen molar-refractivity contribution in [2.24, 2.45) is 0 Å². The molecule has 3 aromatic rings. The molecule has 162 valence electrons. The van der Waals surface area contributed by atoms with Crippen molar-refractivity contribution in [1.82, 2.24) is 19.8 Å². The normalized spacial score (nSPS) is 21.1. The van der Waals surface area contributed by atoms with Crippen molar-refractivity contribution in [1.29, 1.82) is 0 Å². The van der Waals surface area contributed by atoms with Gasteiger partial charge in [0.05, 0.1) is 27.5 Å². The van der Waals surface area contributed by atoms with Crippen molar-refractivity contribution < 1.29 is 13.9 Å². The molecular weight excluding hydrogens is 415 g/mol. The number of rotatable bonds is 4. The van der Waals surface area contributed by atoms with Gasteiger partial charge >= 0.3 is 0 Å². The maximum absolute atomic E-state index is 14.7. The minimum absolute atomic E-state index is 0.000766. The number of pyridine rings is 1. The van der Waals surface area contributed by atoms with Crippen molar-refractivity contribution in [2.75, 3.05) is 6.54 Å². The molecular formula is C23H25FN4O2S. The Morgan fingerprint density at radius 3 is 2.94 bits per heavy atom. The van der Waals surface area contributed by atoms with E-state index in [1.807, 2.05) is 25.1 Å². The van der Waals surface area contributed by atoms with Gasteiger partial charge < -0.3 is 9.64 Å². The van der Waals surface area contributed by atoms with Gasteiger partial charge in [-0.25, -0.2) is 14.4 Å². The number of amides is 1. The summed E-state index contributed by atoms with van der Waals surface area (Å²) in [6.07, 6.45) is 0.858. The van der Waals surface area contributed by atoms with E-state index in [2.05, 4.69) is 21.8 Å². The summed E-state index contributed by atoms with van der Waals surface area (Å²) in [5.41, 5.74) is 3.52. The van der Waals surface area contributed by atoms with E-state index >= 15 is 0 Å². The molecule has 2 aromatic heterocycles. The fraction of sp³-hybridized carbons (Fsp3) is 0.435. The molecule has 1 fully saturated rings. The summed E-state index contributed by atoms with van der Waals surface area (Å²) >= 11 is 1.52. The standard InChI is InChI=1S/C23H25FN4O2S/c1-13-6-18(30-23-5-4-16-9-28(15(3)29)12-21(16)26-23)11-27(13)10-17-7-20-22(8-19(17)24)31-14(2)25-20/h4-5,7-8,13,18H,6,9-12H2,1-3H3/t13-,18+/m1/s1. The van der Waals surface area contributed by atoms with E-state index in [4.69, 9.17) is 4.74 Å². The lowest BCUT2D eigenvalue weighted by molar-refractivity contribution is -0.129. The number of benzene rings is 1. The second-order valence-electron chi connectivity index (χ2n) is 8.53. The number of carbonyl (C=O) groups is 1. The molecule has 0 unspecified atom stereocenters. The van der Waals surface area contributed by atoms with E-state index in [0.29, 0.717) is 37.6 Å². The minimum Gasteiger partial charge on any atom is -0.473 e. The van der Waals surface area contributed by atoms with Crippen LogP contribution in [0.3, 0.4) is 0 Å². The first-order valence-electron chi connectivity index (χ1n) is 10.6. The number of fused-ring (bicyclic) bond motifs is 2. The van der Waals surface area contributed by atoms with Crippen LogP contribution in [0.2, 0.25) is 0 Å². The largest absolute Gasteiger partial charge is 0.473 e. The fourth-order valence-corrected chi connectivity index (χ4v) is 5.33. The number of halogens is 1. The highest BCUT2D eigenvalue weighted by Crippen LogP contribution is 2.29. The molecule has 31 heavy (non-hydrogen) atoms. The van der Waals surface area contributed by atoms with Crippen molar-refractivity contribution in [3.8, 4) is 5.88 Å². The molecule has 1 aromatic carbocycles. The molecule has 2 atom stereocenters. The zero-order valence-corrected chi connectivity index (χ0v) is 18.7. The van der Waals surface area contributed by atoms with Crippen LogP contribution in [0, 0.1) is 12.7 Å². The molecule has 0 spiro atoms. The minimum atomic E-state index is -0.178. The average molecular weight is 441 g/mol. The van der Waals surface area contributed by atoms with Crippen molar-refractivity contribution in [2.45, 2.75) is 59.0 Å². The van der Waals surface area contributed by atoms with Crippen LogP contribution in [-0.2, 0) is 24.4 Å². The van der Waals surface area contributed by atoms with Gasteiger partial charge in [-0.1, -0.05) is 0 Å². The van der Waals surface area contributed by atoms with Gasteiger partial charge in [-0.2, -0.15) is 0 Å². The van der Waals surface area contributed by atoms with Crippen molar-refractivity contribution in [3.63, 3.8) is 0 Å². The molecule has 8 heteroatoms. The first-order chi connectivity index (χ1) is 14.9. The number of likely N-dealkylation sites (tertiary alicyclic amines) is 1. The molecule has 1 amide bonds. The Hall–Kier alpha value is -2.58. The lowest BCUT2D eigenvalue weighted by Gasteiger charge is -2.21. The molecule has 1 saturated heterocycles. The third-order valence-electron chi connectivity index (χ3n) is 6.18. The van der Waals surface area contributed by atoms with E-state index in [0.717, 1.165) is 32.9 Å². The van der Waals surface area contributed by atoms with E-state index < -0.39 is 0 Å². The lowest BCUT2D eigenvalue weighted by atomic mass is 10.1. The van der Waals surface area contributed by atoms with Crippen molar-refractivity contribution >= 4 is 27.5 Å². The number of thiazole rings is 1. The van der Waals surface area contributed by atoms with Crippen LogP contribution in [0.5, 0.6) is 5.88 Å². The van der Waals surface area contributed by atoms with Gasteiger partial charge in [0.25, 0.3) is 0 Å². The summed E-state index contributed by atoms with van der Waals surface area (Å²) in [5.74, 6) is 0.468. The Balaban J connectivity index is 1.26. The number of carbonyl (C=O) groups excluding carboxylic acids is 1. The first kappa shape index (κ1) is 20.3. The third-order valence-corrected chi connectivity index (χ3v) is 7.11. The van der Waals surface area contributed by atoms with Crippen LogP contribution < -0.4 is 4.74 Å². The number of aryl methyl sites for hydroxylation is 1. The maximum Gasteiger partial charge on any atom is 0.220 e. The molecule has 0 radical (unpaired) electrons. The molecule has 6 nitrogen and oxygen atoms in total. The summed E-state index contributed by atoms with van der Waals surface area (Å²) in [6, 6.07) is 7.63. The highest BCUT2D eigenvalue weighted by Gasteiger charge is 2.32. The number of hydrogen-bond acceptors (Lipinski definition) is 6. The Kier molecular flexibility index (Phi) is 5.14. The Labute approximate surface area is 184 Å². The molecule has 5 rings (SSSR count). The van der Waals surface area contributed by atoms with Crippen LogP contribution in [0.1, 0.15) is 42.1 Å². The number of aromatic nitrogens is 2. The Morgan fingerprint density at radius 2 is 2.13 bits per heavy atom. The number of ether oxygens (including phenoxy) is 1. The van der Waals surface area contributed by atoms with Crippen molar-refractivity contribution in [3.05, 3.63) is 51.9 Å². The van der Waals surface area contributed by atoms with E-state index in [1.165, 1.54) is 11.3 Å². The molecule has 2 aliphatic heterocycles. The monoisotopic (exact) mass is 440 g/mol. The van der Waals surface area contributed by atoms with Gasteiger partial charge in [-0.15, -0.1) is 11.3 Å². The zero-order chi connectivity index (χ0) is 21.7. The molecule has 0 bridgehead atoms. The summed E-state index contributed by atoms with van der Waals surface area (Å²) in [7, 11) is 0. The van der Waals surface area contributed by atoms with E-state index in [1.54, 1.807) is 17.9 Å². The number of nitrogens with zero attached hydrogens (tertiary/aromatic N) is 4. The second-order valence-corrected chi connectivity index (χ2v) is 9.76. The van der Waals surface area contributed by atoms with Gasteiger partial charge in [0.15, 0.2) is 0 Å². The van der Waals surface area contributed by atoms with Crippen LogP contribution in [-0.4, -0.2) is 44.4 Å². The van der Waals surface area contributed by atoms with Gasteiger partial charge in [0.2, 0.25) is 11.8 Å². The Bertz CT molecular complexity index is 1160. The summed E-state index contributed by atoms with van der Waals surface area (Å²) in [4.78, 5) is 24.8. The van der Waals surface area contributed by atoms with Crippen LogP contribution >= 0.6 is 11.3 Å². The average Bonchev–Trinajstić information content (AvgIpc) is 3.38. The topological polar surface area (TPSA) is 58.6 Å². The van der Waals surface area contributed by atoms with Gasteiger partial charge in [0, 0.05) is 50.7 Å². The van der Waals surface area contributed by atoms with Crippen LogP contribution in [0.15, 0.2) is 24.3 Å². The van der Waals surface area contributed by atoms with E-state index in [-0.39, 0.29) is 23.9 Å². The van der Waals surface area contributed by atoms with Gasteiger partial charge in [-0.3, -0.25) is 9.69 Å². The molecule has 0 N–H and O–H groups in total. The van der Waals surface area contributed by atoms with Gasteiger partial charge in [-0.05, 0) is 37.6 Å². The predicted octanol–water partition coefficient (Wildman–Crippen LogP) is 4.04. The predicted molar refractivity (Wildman–Crippen MR) is 117 cm³/mol. The van der Waals surface area contributed by atoms with Crippen LogP contribution in [0.4, 0.5) is 4.39 Å². The molecule has 2 aliphatic rings. The summed E-state index contributed by atoms with van der Waals surface area (Å²) in [6.45, 7) is 8.06. The quantitative estimate of drug-likeness (QED) is 0.613. The summed E-state index contributed by atoms with van der Waals surface area (Å²) < 4.78 is 21.7. The second kappa shape index (κ2) is 7.84. The highest BCUT2D eigenvalue weighted by molar-refractivity contribution is 7.18. The van der Waals surface area contributed by atoms with Gasteiger partial charge in [0.1, 0.15) is 11.9 Å². The number of hydrogen-bond donors (Lipinski definition) is 0. The Morgan fingerprint density at radius 1 is 1.29 bits per heavy atom.